The molecule has 1 aliphatic rings. The summed E-state index contributed by atoms with van der Waals surface area (Å²) < 4.78 is 28.1. The molecule has 1 heterocycles. The van der Waals surface area contributed by atoms with Gasteiger partial charge in [0, 0.05) is 30.6 Å². The highest BCUT2D eigenvalue weighted by atomic mass is 35.5. The summed E-state index contributed by atoms with van der Waals surface area (Å²) >= 11 is 11.0. The van der Waals surface area contributed by atoms with Crippen molar-refractivity contribution in [2.75, 3.05) is 19.7 Å². The maximum absolute atomic E-state index is 12.9. The summed E-state index contributed by atoms with van der Waals surface area (Å²) in [4.78, 5) is 14.0. The number of benzene rings is 1. The summed E-state index contributed by atoms with van der Waals surface area (Å²) in [6.45, 7) is 15.7. The van der Waals surface area contributed by atoms with E-state index in [1.807, 2.05) is 41.5 Å². The Morgan fingerprint density at radius 2 is 1.84 bits per heavy atom. The fourth-order valence-corrected chi connectivity index (χ4v) is 3.71. The van der Waals surface area contributed by atoms with Crippen LogP contribution in [-0.2, 0) is 16.1 Å². The van der Waals surface area contributed by atoms with E-state index in [0.717, 1.165) is 0 Å². The predicted molar refractivity (Wildman–Crippen MR) is 128 cm³/mol. The Morgan fingerprint density at radius 3 is 2.35 bits per heavy atom. The van der Waals surface area contributed by atoms with Crippen molar-refractivity contribution in [3.05, 3.63) is 40.4 Å². The molecule has 172 valence electrons. The largest absolute Gasteiger partial charge is 0.591 e. The van der Waals surface area contributed by atoms with Gasteiger partial charge in [-0.25, -0.2) is 4.79 Å². The lowest BCUT2D eigenvalue weighted by molar-refractivity contribution is 0.00701. The van der Waals surface area contributed by atoms with E-state index in [2.05, 4.69) is 11.0 Å². The van der Waals surface area contributed by atoms with Crippen molar-refractivity contribution in [3.8, 4) is 5.75 Å². The van der Waals surface area contributed by atoms with Crippen LogP contribution in [0.3, 0.4) is 0 Å². The number of ether oxygens (including phenoxy) is 2. The molecule has 6 nitrogen and oxygen atoms in total. The van der Waals surface area contributed by atoms with Crippen molar-refractivity contribution in [1.29, 1.82) is 0 Å². The third kappa shape index (κ3) is 7.04. The van der Waals surface area contributed by atoms with E-state index in [-0.39, 0.29) is 12.5 Å². The van der Waals surface area contributed by atoms with E-state index < -0.39 is 27.8 Å². The zero-order chi connectivity index (χ0) is 23.6. The maximum atomic E-state index is 12.9. The summed E-state index contributed by atoms with van der Waals surface area (Å²) in [5.41, 5.74) is 0.579. The van der Waals surface area contributed by atoms with E-state index in [9.17, 15) is 9.35 Å². The molecule has 1 fully saturated rings. The number of amides is 1. The fraction of sp³-hybridized carbons (Fsp3) is 0.545. The van der Waals surface area contributed by atoms with Crippen LogP contribution in [0.1, 0.15) is 47.1 Å². The zero-order valence-electron chi connectivity index (χ0n) is 18.8. The Labute approximate surface area is 197 Å². The molecule has 1 amide bonds. The smallest absolute Gasteiger partial charge is 0.410 e. The minimum Gasteiger partial charge on any atom is -0.591 e. The van der Waals surface area contributed by atoms with Crippen LogP contribution >= 0.6 is 23.2 Å². The highest BCUT2D eigenvalue weighted by Gasteiger charge is 2.40. The van der Waals surface area contributed by atoms with E-state index in [4.69, 9.17) is 32.7 Å². The highest BCUT2D eigenvalue weighted by Crippen LogP contribution is 2.35. The lowest BCUT2D eigenvalue weighted by Crippen LogP contribution is -2.54. The van der Waals surface area contributed by atoms with Crippen molar-refractivity contribution in [2.24, 2.45) is 10.3 Å². The zero-order valence-corrected chi connectivity index (χ0v) is 21.2. The lowest BCUT2D eigenvalue weighted by Gasteiger charge is -2.40. The minimum absolute atomic E-state index is 0.151. The molecule has 0 radical (unpaired) electrons. The minimum atomic E-state index is -1.52. The van der Waals surface area contributed by atoms with E-state index >= 15 is 0 Å². The molecule has 0 spiro atoms. The second kappa shape index (κ2) is 10.0. The van der Waals surface area contributed by atoms with Crippen molar-refractivity contribution >= 4 is 46.4 Å². The standard InChI is InChI=1S/C22H30Cl2N2O4S/c1-8-9-29-18-11-17(24)16(23)10-15(18)19(25-31(28)22(5,6)7)14-12-26(13-14)20(27)30-21(2,3)4/h8,10-11,14H,1,9,12-13H2,2-7H3/b25-19+. The molecular weight excluding hydrogens is 459 g/mol. The van der Waals surface area contributed by atoms with Crippen molar-refractivity contribution < 1.29 is 18.8 Å². The number of carbonyl (C=O) groups excluding carboxylic acids is 1. The van der Waals surface area contributed by atoms with Gasteiger partial charge in [0.15, 0.2) is 0 Å². The predicted octanol–water partition coefficient (Wildman–Crippen LogP) is 5.68. The summed E-state index contributed by atoms with van der Waals surface area (Å²) in [7, 11) is 0. The molecule has 0 aromatic heterocycles. The van der Waals surface area contributed by atoms with Gasteiger partial charge >= 0.3 is 6.09 Å². The van der Waals surface area contributed by atoms with Gasteiger partial charge in [0.1, 0.15) is 39.8 Å². The first kappa shape index (κ1) is 25.8. The molecule has 1 saturated heterocycles. The SMILES string of the molecule is C=CCOc1cc(Cl)c(Cl)cc1/C(=N/[S+]([O-])C(C)(C)C)C1CN(C(=O)OC(C)(C)C)C1. The van der Waals surface area contributed by atoms with Crippen molar-refractivity contribution in [2.45, 2.75) is 51.9 Å². The number of likely N-dealkylation sites (tertiary alicyclic amines) is 1. The van der Waals surface area contributed by atoms with Crippen LogP contribution in [0.4, 0.5) is 4.79 Å². The van der Waals surface area contributed by atoms with Crippen LogP contribution in [0.15, 0.2) is 29.2 Å². The van der Waals surface area contributed by atoms with E-state index in [1.54, 1.807) is 23.1 Å². The summed E-state index contributed by atoms with van der Waals surface area (Å²) in [5, 5.41) is 0.671. The van der Waals surface area contributed by atoms with Crippen LogP contribution in [0.5, 0.6) is 5.75 Å². The molecule has 1 atom stereocenters. The molecule has 1 aromatic rings. The molecule has 2 rings (SSSR count). The molecule has 9 heteroatoms. The van der Waals surface area contributed by atoms with Crippen LogP contribution in [0.2, 0.25) is 10.0 Å². The molecular formula is C22H30Cl2N2O4S. The average molecular weight is 489 g/mol. The number of hydrogen-bond acceptors (Lipinski definition) is 5. The second-order valence-corrected chi connectivity index (χ2v) is 12.0. The fourth-order valence-electron chi connectivity index (χ4n) is 2.69. The number of carbonyl (C=O) groups is 1. The molecule has 0 N–H and O–H groups in total. The number of halogens is 2. The number of rotatable bonds is 6. The highest BCUT2D eigenvalue weighted by molar-refractivity contribution is 7.91. The molecule has 0 saturated carbocycles. The van der Waals surface area contributed by atoms with Gasteiger partial charge in [0.2, 0.25) is 0 Å². The van der Waals surface area contributed by atoms with Crippen molar-refractivity contribution in [3.63, 3.8) is 0 Å². The normalized spacial score (nSPS) is 16.5. The Hall–Kier alpha value is -1.41. The Balaban J connectivity index is 2.41. The van der Waals surface area contributed by atoms with Gasteiger partial charge in [-0.05, 0) is 47.6 Å². The van der Waals surface area contributed by atoms with E-state index in [1.165, 1.54) is 0 Å². The van der Waals surface area contributed by atoms with Gasteiger partial charge in [0.25, 0.3) is 0 Å². The van der Waals surface area contributed by atoms with Gasteiger partial charge in [-0.15, -0.1) is 0 Å². The van der Waals surface area contributed by atoms with Gasteiger partial charge < -0.3 is 18.9 Å². The number of nitrogens with zero attached hydrogens (tertiary/aromatic N) is 2. The Morgan fingerprint density at radius 1 is 1.26 bits per heavy atom. The molecule has 1 aromatic carbocycles. The van der Waals surface area contributed by atoms with Crippen molar-refractivity contribution in [1.82, 2.24) is 4.90 Å². The van der Waals surface area contributed by atoms with Crippen LogP contribution in [0.25, 0.3) is 0 Å². The summed E-state index contributed by atoms with van der Waals surface area (Å²) in [5.74, 6) is 0.316. The molecule has 1 unspecified atom stereocenters. The Bertz CT molecular complexity index is 856. The number of hydrogen-bond donors (Lipinski definition) is 0. The molecule has 31 heavy (non-hydrogen) atoms. The van der Waals surface area contributed by atoms with Crippen LogP contribution in [0, 0.1) is 5.92 Å². The second-order valence-electron chi connectivity index (χ2n) is 9.28. The first-order valence-electron chi connectivity index (χ1n) is 9.94. The van der Waals surface area contributed by atoms with Crippen LogP contribution < -0.4 is 4.74 Å². The molecule has 0 aliphatic carbocycles. The molecule has 0 bridgehead atoms. The summed E-state index contributed by atoms with van der Waals surface area (Å²) in [6, 6.07) is 3.28. The molecule has 1 aliphatic heterocycles. The average Bonchev–Trinajstić information content (AvgIpc) is 2.57. The Kier molecular flexibility index (Phi) is 8.36. The topological polar surface area (TPSA) is 74.2 Å². The van der Waals surface area contributed by atoms with E-state index in [0.29, 0.717) is 40.2 Å². The first-order chi connectivity index (χ1) is 14.2. The lowest BCUT2D eigenvalue weighted by atomic mass is 9.90. The quantitative estimate of drug-likeness (QED) is 0.293. The van der Waals surface area contributed by atoms with Gasteiger partial charge in [-0.3, -0.25) is 0 Å². The van der Waals surface area contributed by atoms with Crippen LogP contribution in [-0.4, -0.2) is 51.3 Å². The first-order valence-corrected chi connectivity index (χ1v) is 11.8. The monoisotopic (exact) mass is 488 g/mol. The third-order valence-corrected chi connectivity index (χ3v) is 6.41. The maximum Gasteiger partial charge on any atom is 0.410 e. The van der Waals surface area contributed by atoms with Gasteiger partial charge in [-0.2, -0.15) is 0 Å². The van der Waals surface area contributed by atoms with Gasteiger partial charge in [0.05, 0.1) is 10.0 Å². The van der Waals surface area contributed by atoms with Gasteiger partial charge in [-0.1, -0.05) is 40.3 Å². The summed E-state index contributed by atoms with van der Waals surface area (Å²) in [6.07, 6.45) is 1.22. The third-order valence-electron chi connectivity index (χ3n) is 4.28.